The van der Waals surface area contributed by atoms with Crippen molar-refractivity contribution >= 4 is 11.6 Å². The standard InChI is InChI=1S/C12H13N5O2/c1-8-11(17(18)19)10(16-12(13-2)15-8)7-9-5-3-4-6-14-9/h3-6H,7H2,1-2H3,(H,13,15,16). The molecule has 0 aliphatic rings. The van der Waals surface area contributed by atoms with Gasteiger partial charge in [0.15, 0.2) is 0 Å². The maximum Gasteiger partial charge on any atom is 0.312 e. The van der Waals surface area contributed by atoms with Crippen molar-refractivity contribution in [3.8, 4) is 0 Å². The summed E-state index contributed by atoms with van der Waals surface area (Å²) in [5.74, 6) is 0.369. The Morgan fingerprint density at radius 3 is 2.74 bits per heavy atom. The van der Waals surface area contributed by atoms with Gasteiger partial charge in [0.25, 0.3) is 0 Å². The molecular weight excluding hydrogens is 246 g/mol. The predicted molar refractivity (Wildman–Crippen MR) is 70.0 cm³/mol. The predicted octanol–water partition coefficient (Wildman–Crippen LogP) is 1.72. The Balaban J connectivity index is 2.48. The largest absolute Gasteiger partial charge is 0.357 e. The summed E-state index contributed by atoms with van der Waals surface area (Å²) in [6.07, 6.45) is 1.95. The number of nitro groups is 1. The third kappa shape index (κ3) is 2.82. The minimum absolute atomic E-state index is 0.0512. The second-order valence-electron chi connectivity index (χ2n) is 3.93. The Morgan fingerprint density at radius 1 is 1.37 bits per heavy atom. The van der Waals surface area contributed by atoms with Crippen molar-refractivity contribution in [3.63, 3.8) is 0 Å². The highest BCUT2D eigenvalue weighted by atomic mass is 16.6. The fraction of sp³-hybridized carbons (Fsp3) is 0.250. The zero-order valence-corrected chi connectivity index (χ0v) is 10.6. The van der Waals surface area contributed by atoms with Crippen molar-refractivity contribution < 1.29 is 4.92 Å². The van der Waals surface area contributed by atoms with E-state index >= 15 is 0 Å². The Hall–Kier alpha value is -2.57. The van der Waals surface area contributed by atoms with Crippen LogP contribution in [-0.4, -0.2) is 26.9 Å². The van der Waals surface area contributed by atoms with Gasteiger partial charge in [0, 0.05) is 25.4 Å². The molecule has 2 aromatic rings. The number of nitrogens with zero attached hydrogens (tertiary/aromatic N) is 4. The molecule has 2 aromatic heterocycles. The van der Waals surface area contributed by atoms with Gasteiger partial charge in [-0.25, -0.2) is 9.97 Å². The number of aryl methyl sites for hydroxylation is 1. The van der Waals surface area contributed by atoms with Crippen LogP contribution < -0.4 is 5.32 Å². The van der Waals surface area contributed by atoms with Gasteiger partial charge in [-0.05, 0) is 19.1 Å². The SMILES string of the molecule is CNc1nc(C)c([N+](=O)[O-])c(Cc2ccccn2)n1. The summed E-state index contributed by atoms with van der Waals surface area (Å²) in [4.78, 5) is 23.0. The number of nitrogens with one attached hydrogen (secondary N) is 1. The van der Waals surface area contributed by atoms with E-state index in [0.29, 0.717) is 23.8 Å². The number of rotatable bonds is 4. The lowest BCUT2D eigenvalue weighted by Crippen LogP contribution is -2.08. The highest BCUT2D eigenvalue weighted by Gasteiger charge is 2.22. The first-order valence-electron chi connectivity index (χ1n) is 5.71. The van der Waals surface area contributed by atoms with E-state index in [-0.39, 0.29) is 5.69 Å². The molecule has 0 bridgehead atoms. The first-order valence-corrected chi connectivity index (χ1v) is 5.71. The van der Waals surface area contributed by atoms with Crippen molar-refractivity contribution in [2.24, 2.45) is 0 Å². The van der Waals surface area contributed by atoms with Crippen LogP contribution in [0.25, 0.3) is 0 Å². The summed E-state index contributed by atoms with van der Waals surface area (Å²) in [6, 6.07) is 5.43. The Labute approximate surface area is 109 Å². The molecule has 0 aromatic carbocycles. The van der Waals surface area contributed by atoms with Crippen LogP contribution in [-0.2, 0) is 6.42 Å². The van der Waals surface area contributed by atoms with Crippen LogP contribution in [0.4, 0.5) is 11.6 Å². The summed E-state index contributed by atoms with van der Waals surface area (Å²) in [5, 5.41) is 13.9. The summed E-state index contributed by atoms with van der Waals surface area (Å²) in [5.41, 5.74) is 1.38. The average Bonchev–Trinajstić information content (AvgIpc) is 2.38. The lowest BCUT2D eigenvalue weighted by Gasteiger charge is -2.06. The Morgan fingerprint density at radius 2 is 2.16 bits per heavy atom. The van der Waals surface area contributed by atoms with E-state index < -0.39 is 4.92 Å². The number of pyridine rings is 1. The molecule has 98 valence electrons. The van der Waals surface area contributed by atoms with Crippen LogP contribution in [0.2, 0.25) is 0 Å². The Bertz CT molecular complexity index is 601. The van der Waals surface area contributed by atoms with Gasteiger partial charge in [-0.2, -0.15) is 0 Å². The zero-order valence-electron chi connectivity index (χ0n) is 10.6. The number of hydrogen-bond donors (Lipinski definition) is 1. The van der Waals surface area contributed by atoms with Crippen molar-refractivity contribution in [3.05, 3.63) is 51.6 Å². The monoisotopic (exact) mass is 259 g/mol. The molecule has 0 unspecified atom stereocenters. The number of anilines is 1. The van der Waals surface area contributed by atoms with E-state index in [1.807, 2.05) is 6.07 Å². The second kappa shape index (κ2) is 5.38. The molecule has 0 fully saturated rings. The molecule has 7 heteroatoms. The maximum atomic E-state index is 11.1. The molecule has 0 radical (unpaired) electrons. The van der Waals surface area contributed by atoms with Crippen LogP contribution in [0.3, 0.4) is 0 Å². The van der Waals surface area contributed by atoms with E-state index in [1.165, 1.54) is 0 Å². The van der Waals surface area contributed by atoms with Crippen LogP contribution in [0.1, 0.15) is 17.1 Å². The average molecular weight is 259 g/mol. The second-order valence-corrected chi connectivity index (χ2v) is 3.93. The molecule has 7 nitrogen and oxygen atoms in total. The highest BCUT2D eigenvalue weighted by Crippen LogP contribution is 2.23. The van der Waals surface area contributed by atoms with Gasteiger partial charge in [-0.3, -0.25) is 15.1 Å². The molecule has 1 N–H and O–H groups in total. The van der Waals surface area contributed by atoms with Gasteiger partial charge >= 0.3 is 5.69 Å². The fourth-order valence-electron chi connectivity index (χ4n) is 1.77. The topological polar surface area (TPSA) is 93.8 Å². The minimum Gasteiger partial charge on any atom is -0.357 e. The van der Waals surface area contributed by atoms with Crippen molar-refractivity contribution in [1.29, 1.82) is 0 Å². The van der Waals surface area contributed by atoms with E-state index in [1.54, 1.807) is 32.3 Å². The van der Waals surface area contributed by atoms with Crippen LogP contribution in [0.15, 0.2) is 24.4 Å². The molecule has 0 amide bonds. The zero-order chi connectivity index (χ0) is 13.8. The molecular formula is C12H13N5O2. The number of aromatic nitrogens is 3. The Kier molecular flexibility index (Phi) is 3.65. The third-order valence-corrected chi connectivity index (χ3v) is 2.61. The van der Waals surface area contributed by atoms with E-state index in [0.717, 1.165) is 5.69 Å². The molecule has 0 aliphatic carbocycles. The van der Waals surface area contributed by atoms with Gasteiger partial charge in [-0.15, -0.1) is 0 Å². The molecule has 2 rings (SSSR count). The molecule has 0 saturated carbocycles. The maximum absolute atomic E-state index is 11.1. The van der Waals surface area contributed by atoms with Crippen molar-refractivity contribution in [1.82, 2.24) is 15.0 Å². The quantitative estimate of drug-likeness (QED) is 0.663. The molecule has 0 spiro atoms. The van der Waals surface area contributed by atoms with E-state index in [9.17, 15) is 10.1 Å². The van der Waals surface area contributed by atoms with E-state index in [2.05, 4.69) is 20.3 Å². The lowest BCUT2D eigenvalue weighted by molar-refractivity contribution is -0.386. The fourth-order valence-corrected chi connectivity index (χ4v) is 1.77. The molecule has 0 atom stereocenters. The van der Waals surface area contributed by atoms with Crippen molar-refractivity contribution in [2.75, 3.05) is 12.4 Å². The molecule has 19 heavy (non-hydrogen) atoms. The van der Waals surface area contributed by atoms with Gasteiger partial charge in [-0.1, -0.05) is 6.07 Å². The van der Waals surface area contributed by atoms with Crippen molar-refractivity contribution in [2.45, 2.75) is 13.3 Å². The summed E-state index contributed by atoms with van der Waals surface area (Å²) in [6.45, 7) is 1.60. The summed E-state index contributed by atoms with van der Waals surface area (Å²) >= 11 is 0. The minimum atomic E-state index is -0.451. The van der Waals surface area contributed by atoms with Gasteiger partial charge in [0.2, 0.25) is 5.95 Å². The smallest absolute Gasteiger partial charge is 0.312 e. The lowest BCUT2D eigenvalue weighted by atomic mass is 10.1. The van der Waals surface area contributed by atoms with Gasteiger partial charge in [0.05, 0.1) is 4.92 Å². The summed E-state index contributed by atoms with van der Waals surface area (Å²) in [7, 11) is 1.67. The number of hydrogen-bond acceptors (Lipinski definition) is 6. The molecule has 2 heterocycles. The van der Waals surface area contributed by atoms with E-state index in [4.69, 9.17) is 0 Å². The first kappa shape index (κ1) is 12.9. The first-order chi connectivity index (χ1) is 9.11. The van der Waals surface area contributed by atoms with Crippen LogP contribution in [0.5, 0.6) is 0 Å². The van der Waals surface area contributed by atoms with Gasteiger partial charge in [0.1, 0.15) is 11.4 Å². The molecule has 0 aliphatic heterocycles. The third-order valence-electron chi connectivity index (χ3n) is 2.61. The molecule has 0 saturated heterocycles. The summed E-state index contributed by atoms with van der Waals surface area (Å²) < 4.78 is 0. The normalized spacial score (nSPS) is 10.2. The van der Waals surface area contributed by atoms with Crippen LogP contribution >= 0.6 is 0 Å². The van der Waals surface area contributed by atoms with Crippen LogP contribution in [0, 0.1) is 17.0 Å². The highest BCUT2D eigenvalue weighted by molar-refractivity contribution is 5.45. The van der Waals surface area contributed by atoms with Gasteiger partial charge < -0.3 is 5.32 Å².